The Labute approximate surface area is 179 Å². The lowest BCUT2D eigenvalue weighted by atomic mass is 10.1. The largest absolute Gasteiger partial charge is 0.494 e. The smallest absolute Gasteiger partial charge is 0.159 e. The van der Waals surface area contributed by atoms with E-state index in [-0.39, 0.29) is 5.57 Å². The van der Waals surface area contributed by atoms with Gasteiger partial charge in [-0.05, 0) is 62.7 Å². The van der Waals surface area contributed by atoms with Crippen molar-refractivity contribution in [1.29, 1.82) is 10.5 Å². The van der Waals surface area contributed by atoms with Crippen molar-refractivity contribution in [2.45, 2.75) is 51.5 Å². The van der Waals surface area contributed by atoms with E-state index in [0.717, 1.165) is 51.1 Å². The molecule has 1 aromatic carbocycles. The maximum atomic E-state index is 8.92. The van der Waals surface area contributed by atoms with E-state index < -0.39 is 0 Å². The van der Waals surface area contributed by atoms with Crippen LogP contribution in [-0.2, 0) is 6.54 Å². The van der Waals surface area contributed by atoms with E-state index in [9.17, 15) is 0 Å². The van der Waals surface area contributed by atoms with Gasteiger partial charge in [0.25, 0.3) is 0 Å². The second-order valence-electron chi connectivity index (χ2n) is 7.31. The molecule has 1 aliphatic heterocycles. The molecule has 1 heterocycles. The number of nitrogens with one attached hydrogen (secondary N) is 1. The average molecular weight is 413 g/mol. The number of thioether (sulfide) groups is 1. The second-order valence-corrected chi connectivity index (χ2v) is 8.12. The van der Waals surface area contributed by atoms with Crippen molar-refractivity contribution in [2.75, 3.05) is 32.5 Å². The lowest BCUT2D eigenvalue weighted by Gasteiger charge is -2.26. The Morgan fingerprint density at radius 3 is 2.59 bits per heavy atom. The Bertz CT molecular complexity index is 713. The number of benzene rings is 1. The van der Waals surface area contributed by atoms with Gasteiger partial charge in [-0.1, -0.05) is 31.4 Å². The molecule has 0 spiro atoms. The van der Waals surface area contributed by atoms with E-state index >= 15 is 0 Å². The molecule has 0 atom stereocenters. The van der Waals surface area contributed by atoms with Gasteiger partial charge < -0.3 is 10.1 Å². The van der Waals surface area contributed by atoms with Crippen LogP contribution >= 0.6 is 11.8 Å². The van der Waals surface area contributed by atoms with E-state index in [4.69, 9.17) is 15.3 Å². The fourth-order valence-corrected chi connectivity index (χ4v) is 4.01. The summed E-state index contributed by atoms with van der Waals surface area (Å²) in [5, 5.41) is 21.7. The molecule has 5 nitrogen and oxygen atoms in total. The Morgan fingerprint density at radius 1 is 1.10 bits per heavy atom. The minimum Gasteiger partial charge on any atom is -0.494 e. The van der Waals surface area contributed by atoms with E-state index in [1.54, 1.807) is 0 Å². The van der Waals surface area contributed by atoms with Crippen molar-refractivity contribution in [1.82, 2.24) is 10.2 Å². The van der Waals surface area contributed by atoms with Gasteiger partial charge in [-0.3, -0.25) is 4.90 Å². The number of nitriles is 2. The quantitative estimate of drug-likeness (QED) is 0.392. The number of rotatable bonds is 12. The van der Waals surface area contributed by atoms with Crippen LogP contribution in [0, 0.1) is 22.7 Å². The molecule has 0 saturated carbocycles. The number of allylic oxidation sites excluding steroid dienone is 1. The Balaban J connectivity index is 1.59. The highest BCUT2D eigenvalue weighted by Crippen LogP contribution is 2.18. The second kappa shape index (κ2) is 13.9. The van der Waals surface area contributed by atoms with Gasteiger partial charge in [-0.25, -0.2) is 0 Å². The van der Waals surface area contributed by atoms with Crippen LogP contribution in [0.5, 0.6) is 5.75 Å². The molecule has 1 aliphatic rings. The van der Waals surface area contributed by atoms with Crippen LogP contribution in [-0.4, -0.2) is 37.4 Å². The molecule has 0 amide bonds. The zero-order valence-corrected chi connectivity index (χ0v) is 18.3. The molecule has 0 unspecified atom stereocenters. The molecular formula is C23H32N4OS. The van der Waals surface area contributed by atoms with Gasteiger partial charge >= 0.3 is 0 Å². The van der Waals surface area contributed by atoms with Crippen molar-refractivity contribution in [2.24, 2.45) is 0 Å². The molecule has 1 saturated heterocycles. The first kappa shape index (κ1) is 23.1. The van der Waals surface area contributed by atoms with E-state index in [1.807, 2.05) is 24.5 Å². The summed E-state index contributed by atoms with van der Waals surface area (Å²) in [6.07, 6.45) is 10.1. The third-order valence-electron chi connectivity index (χ3n) is 5.03. The predicted octanol–water partition coefficient (Wildman–Crippen LogP) is 4.82. The maximum absolute atomic E-state index is 8.92. The molecule has 156 valence electrons. The van der Waals surface area contributed by atoms with E-state index in [0.29, 0.717) is 5.03 Å². The summed E-state index contributed by atoms with van der Waals surface area (Å²) in [5.74, 6) is 0.969. The SMILES string of the molecule is CSC(NCCCCCCOc1cccc(CN2CCCCC2)c1)=C(C#N)C#N. The summed E-state index contributed by atoms with van der Waals surface area (Å²) < 4.78 is 5.94. The number of hydrogen-bond acceptors (Lipinski definition) is 6. The van der Waals surface area contributed by atoms with Crippen molar-refractivity contribution in [3.05, 3.63) is 40.4 Å². The fraction of sp³-hybridized carbons (Fsp3) is 0.565. The van der Waals surface area contributed by atoms with Gasteiger partial charge in [0.1, 0.15) is 17.9 Å². The zero-order valence-electron chi connectivity index (χ0n) is 17.5. The molecule has 2 rings (SSSR count). The Morgan fingerprint density at radius 2 is 1.86 bits per heavy atom. The van der Waals surface area contributed by atoms with Crippen LogP contribution < -0.4 is 10.1 Å². The molecule has 29 heavy (non-hydrogen) atoms. The lowest BCUT2D eigenvalue weighted by molar-refractivity contribution is 0.220. The average Bonchev–Trinajstić information content (AvgIpc) is 2.76. The number of likely N-dealkylation sites (tertiary alicyclic amines) is 1. The highest BCUT2D eigenvalue weighted by atomic mass is 32.2. The van der Waals surface area contributed by atoms with Crippen LogP contribution in [0.15, 0.2) is 34.9 Å². The third kappa shape index (κ3) is 8.81. The first-order valence-electron chi connectivity index (χ1n) is 10.5. The Hall–Kier alpha value is -2.15. The summed E-state index contributed by atoms with van der Waals surface area (Å²) in [6.45, 7) is 4.97. The highest BCUT2D eigenvalue weighted by Gasteiger charge is 2.10. The first-order chi connectivity index (χ1) is 14.3. The summed E-state index contributed by atoms with van der Waals surface area (Å²) in [4.78, 5) is 2.53. The Kier molecular flexibility index (Phi) is 11.1. The number of nitrogens with zero attached hydrogens (tertiary/aromatic N) is 3. The minimum atomic E-state index is 0.161. The van der Waals surface area contributed by atoms with E-state index in [2.05, 4.69) is 28.4 Å². The fourth-order valence-electron chi connectivity index (χ4n) is 3.47. The lowest BCUT2D eigenvalue weighted by Crippen LogP contribution is -2.29. The summed E-state index contributed by atoms with van der Waals surface area (Å²) in [6, 6.07) is 12.4. The van der Waals surface area contributed by atoms with Crippen LogP contribution in [0.4, 0.5) is 0 Å². The zero-order chi connectivity index (χ0) is 20.7. The number of unbranched alkanes of at least 4 members (excludes halogenated alkanes) is 3. The van der Waals surface area contributed by atoms with Gasteiger partial charge in [0.2, 0.25) is 0 Å². The molecule has 0 radical (unpaired) electrons. The van der Waals surface area contributed by atoms with Crippen molar-refractivity contribution >= 4 is 11.8 Å². The normalized spacial score (nSPS) is 13.9. The molecule has 0 aromatic heterocycles. The number of ether oxygens (including phenoxy) is 1. The molecular weight excluding hydrogens is 380 g/mol. The van der Waals surface area contributed by atoms with Crippen molar-refractivity contribution in [3.63, 3.8) is 0 Å². The summed E-state index contributed by atoms with van der Waals surface area (Å²) >= 11 is 1.41. The van der Waals surface area contributed by atoms with Gasteiger partial charge in [0, 0.05) is 13.1 Å². The maximum Gasteiger partial charge on any atom is 0.159 e. The molecule has 1 fully saturated rings. The number of hydrogen-bond donors (Lipinski definition) is 1. The van der Waals surface area contributed by atoms with Crippen LogP contribution in [0.25, 0.3) is 0 Å². The summed E-state index contributed by atoms with van der Waals surface area (Å²) in [5.41, 5.74) is 1.50. The molecule has 1 aromatic rings. The van der Waals surface area contributed by atoms with Crippen molar-refractivity contribution in [3.8, 4) is 17.9 Å². The first-order valence-corrected chi connectivity index (χ1v) is 11.8. The van der Waals surface area contributed by atoms with Crippen molar-refractivity contribution < 1.29 is 4.74 Å². The predicted molar refractivity (Wildman–Crippen MR) is 119 cm³/mol. The topological polar surface area (TPSA) is 72.1 Å². The molecule has 6 heteroatoms. The van der Waals surface area contributed by atoms with Crippen LogP contribution in [0.1, 0.15) is 50.5 Å². The number of piperidine rings is 1. The monoisotopic (exact) mass is 412 g/mol. The van der Waals surface area contributed by atoms with Crippen LogP contribution in [0.3, 0.4) is 0 Å². The third-order valence-corrected chi connectivity index (χ3v) is 5.79. The van der Waals surface area contributed by atoms with Crippen LogP contribution in [0.2, 0.25) is 0 Å². The standard InChI is InChI=1S/C23H32N4OS/c1-29-23(21(17-24)18-25)26-12-5-2-3-8-15-28-22-11-9-10-20(16-22)19-27-13-6-4-7-14-27/h9-11,16,26H,2-8,12-15,19H2,1H3. The van der Waals surface area contributed by atoms with E-state index in [1.165, 1.54) is 49.7 Å². The van der Waals surface area contributed by atoms with Gasteiger partial charge in [0.15, 0.2) is 5.57 Å². The highest BCUT2D eigenvalue weighted by molar-refractivity contribution is 8.02. The minimum absolute atomic E-state index is 0.161. The molecule has 1 N–H and O–H groups in total. The van der Waals surface area contributed by atoms with Gasteiger partial charge in [0.05, 0.1) is 11.6 Å². The van der Waals surface area contributed by atoms with Gasteiger partial charge in [-0.2, -0.15) is 10.5 Å². The molecule has 0 aliphatic carbocycles. The van der Waals surface area contributed by atoms with Gasteiger partial charge in [-0.15, -0.1) is 11.8 Å². The summed E-state index contributed by atoms with van der Waals surface area (Å²) in [7, 11) is 0. The molecule has 0 bridgehead atoms.